The highest BCUT2D eigenvalue weighted by Gasteiger charge is 2.57. The van der Waals surface area contributed by atoms with E-state index in [0.717, 1.165) is 64.3 Å². The summed E-state index contributed by atoms with van der Waals surface area (Å²) in [5, 5.41) is 6.36. The first kappa shape index (κ1) is 14.9. The van der Waals surface area contributed by atoms with E-state index >= 15 is 0 Å². The third-order valence-electron chi connectivity index (χ3n) is 5.48. The quantitative estimate of drug-likeness (QED) is 0.878. The number of nitrogens with zero attached hydrogens (tertiary/aromatic N) is 2. The number of nitrogens with one attached hydrogen (secondary N) is 2. The summed E-state index contributed by atoms with van der Waals surface area (Å²) < 4.78 is 5.36. The monoisotopic (exact) mass is 316 g/mol. The Morgan fingerprint density at radius 1 is 1.30 bits per heavy atom. The van der Waals surface area contributed by atoms with Crippen LogP contribution in [-0.2, 0) is 9.53 Å². The lowest BCUT2D eigenvalue weighted by Crippen LogP contribution is -2.36. The van der Waals surface area contributed by atoms with Crippen LogP contribution in [0, 0.1) is 11.3 Å². The smallest absolute Gasteiger partial charge is 0.229 e. The highest BCUT2D eigenvalue weighted by molar-refractivity contribution is 5.94. The van der Waals surface area contributed by atoms with Gasteiger partial charge in [-0.2, -0.15) is 0 Å². The van der Waals surface area contributed by atoms with Crippen LogP contribution in [-0.4, -0.2) is 50.3 Å². The molecule has 3 aliphatic rings. The molecule has 0 aromatic carbocycles. The number of ether oxygens (including phenoxy) is 1. The molecule has 1 spiro atoms. The minimum atomic E-state index is 0.138. The molecular formula is C17H24N4O2. The zero-order valence-corrected chi connectivity index (χ0v) is 13.4. The van der Waals surface area contributed by atoms with Crippen LogP contribution in [0.15, 0.2) is 18.3 Å². The third-order valence-corrected chi connectivity index (χ3v) is 5.48. The molecule has 1 aromatic rings. The van der Waals surface area contributed by atoms with Gasteiger partial charge in [0.2, 0.25) is 5.91 Å². The van der Waals surface area contributed by atoms with Crippen LogP contribution in [0.25, 0.3) is 0 Å². The Hall–Kier alpha value is -1.66. The maximum atomic E-state index is 12.4. The Morgan fingerprint density at radius 2 is 2.09 bits per heavy atom. The Balaban J connectivity index is 1.35. The van der Waals surface area contributed by atoms with Gasteiger partial charge in [-0.3, -0.25) is 4.79 Å². The summed E-state index contributed by atoms with van der Waals surface area (Å²) >= 11 is 0. The summed E-state index contributed by atoms with van der Waals surface area (Å²) in [6.07, 6.45) is 5.11. The number of hydrogen-bond donors (Lipinski definition) is 2. The molecule has 3 heterocycles. The van der Waals surface area contributed by atoms with Crippen LogP contribution < -0.4 is 15.5 Å². The van der Waals surface area contributed by atoms with Gasteiger partial charge in [0.05, 0.1) is 25.1 Å². The van der Waals surface area contributed by atoms with E-state index in [2.05, 4.69) is 20.5 Å². The first-order valence-electron chi connectivity index (χ1n) is 8.57. The van der Waals surface area contributed by atoms with Gasteiger partial charge in [-0.25, -0.2) is 4.98 Å². The standard InChI is InChI=1S/C17H24N4O2/c22-16(14-11-17(14)3-5-18-6-4-17)20-15-2-1-13(12-19-15)21-7-9-23-10-8-21/h1-2,12,14,18H,3-11H2,(H,19,20,22). The van der Waals surface area contributed by atoms with Crippen LogP contribution in [0.3, 0.4) is 0 Å². The fourth-order valence-electron chi connectivity index (χ4n) is 3.88. The largest absolute Gasteiger partial charge is 0.378 e. The number of aromatic nitrogens is 1. The fourth-order valence-corrected chi connectivity index (χ4v) is 3.88. The highest BCUT2D eigenvalue weighted by Crippen LogP contribution is 2.58. The Morgan fingerprint density at radius 3 is 2.78 bits per heavy atom. The van der Waals surface area contributed by atoms with Gasteiger partial charge >= 0.3 is 0 Å². The van der Waals surface area contributed by atoms with Gasteiger partial charge < -0.3 is 20.3 Å². The van der Waals surface area contributed by atoms with E-state index in [1.165, 1.54) is 0 Å². The zero-order chi connectivity index (χ0) is 15.7. The number of pyridine rings is 1. The summed E-state index contributed by atoms with van der Waals surface area (Å²) in [5.41, 5.74) is 1.36. The van der Waals surface area contributed by atoms with Crippen molar-refractivity contribution in [3.63, 3.8) is 0 Å². The number of amides is 1. The molecule has 1 atom stereocenters. The molecule has 1 unspecified atom stereocenters. The van der Waals surface area contributed by atoms with Gasteiger partial charge in [0.1, 0.15) is 5.82 Å². The predicted octanol–water partition coefficient (Wildman–Crippen LogP) is 1.25. The summed E-state index contributed by atoms with van der Waals surface area (Å²) in [4.78, 5) is 19.1. The van der Waals surface area contributed by atoms with Gasteiger partial charge in [-0.1, -0.05) is 0 Å². The predicted molar refractivity (Wildman–Crippen MR) is 88.5 cm³/mol. The van der Waals surface area contributed by atoms with Crippen molar-refractivity contribution in [3.05, 3.63) is 18.3 Å². The molecule has 2 saturated heterocycles. The van der Waals surface area contributed by atoms with E-state index in [1.54, 1.807) is 0 Å². The normalized spacial score (nSPS) is 26.1. The Labute approximate surface area is 136 Å². The SMILES string of the molecule is O=C(Nc1ccc(N2CCOCC2)cn1)C1CC12CCNCC2. The molecule has 4 rings (SSSR count). The molecule has 23 heavy (non-hydrogen) atoms. The minimum absolute atomic E-state index is 0.138. The topological polar surface area (TPSA) is 66.5 Å². The second-order valence-electron chi connectivity index (χ2n) is 6.86. The Kier molecular flexibility index (Phi) is 3.95. The summed E-state index contributed by atoms with van der Waals surface area (Å²) in [6.45, 7) is 5.39. The van der Waals surface area contributed by atoms with Crippen molar-refractivity contribution in [3.8, 4) is 0 Å². The van der Waals surface area contributed by atoms with E-state index in [-0.39, 0.29) is 17.2 Å². The molecule has 1 saturated carbocycles. The molecule has 3 fully saturated rings. The van der Waals surface area contributed by atoms with Crippen LogP contribution in [0.4, 0.5) is 11.5 Å². The summed E-state index contributed by atoms with van der Waals surface area (Å²) in [7, 11) is 0. The van der Waals surface area contributed by atoms with Crippen molar-refractivity contribution in [2.24, 2.45) is 11.3 Å². The van der Waals surface area contributed by atoms with Crippen molar-refractivity contribution in [2.75, 3.05) is 49.6 Å². The van der Waals surface area contributed by atoms with Gasteiger partial charge in [0, 0.05) is 19.0 Å². The highest BCUT2D eigenvalue weighted by atomic mass is 16.5. The maximum Gasteiger partial charge on any atom is 0.229 e. The molecule has 6 nitrogen and oxygen atoms in total. The molecule has 0 radical (unpaired) electrons. The van der Waals surface area contributed by atoms with Gasteiger partial charge in [0.15, 0.2) is 0 Å². The van der Waals surface area contributed by atoms with Crippen LogP contribution in [0.2, 0.25) is 0 Å². The second kappa shape index (κ2) is 6.09. The molecule has 6 heteroatoms. The van der Waals surface area contributed by atoms with Crippen molar-refractivity contribution < 1.29 is 9.53 Å². The molecular weight excluding hydrogens is 292 g/mol. The van der Waals surface area contributed by atoms with Gasteiger partial charge in [-0.15, -0.1) is 0 Å². The van der Waals surface area contributed by atoms with Crippen LogP contribution in [0.5, 0.6) is 0 Å². The van der Waals surface area contributed by atoms with Gasteiger partial charge in [-0.05, 0) is 49.9 Å². The molecule has 124 valence electrons. The maximum absolute atomic E-state index is 12.4. The van der Waals surface area contributed by atoms with Crippen molar-refractivity contribution in [1.29, 1.82) is 0 Å². The number of hydrogen-bond acceptors (Lipinski definition) is 5. The first-order valence-corrected chi connectivity index (χ1v) is 8.57. The lowest BCUT2D eigenvalue weighted by molar-refractivity contribution is -0.118. The Bertz CT molecular complexity index is 562. The van der Waals surface area contributed by atoms with E-state index in [4.69, 9.17) is 4.74 Å². The molecule has 0 bridgehead atoms. The van der Waals surface area contributed by atoms with Crippen molar-refractivity contribution >= 4 is 17.4 Å². The molecule has 1 aromatic heterocycles. The average molecular weight is 316 g/mol. The first-order chi connectivity index (χ1) is 11.3. The number of piperidine rings is 1. The second-order valence-corrected chi connectivity index (χ2v) is 6.86. The number of carbonyl (C=O) groups excluding carboxylic acids is 1. The number of morpholine rings is 1. The zero-order valence-electron chi connectivity index (χ0n) is 13.4. The molecule has 1 aliphatic carbocycles. The summed E-state index contributed by atoms with van der Waals surface area (Å²) in [5.74, 6) is 0.965. The number of carbonyl (C=O) groups is 1. The number of rotatable bonds is 3. The molecule has 2 aliphatic heterocycles. The molecule has 2 N–H and O–H groups in total. The summed E-state index contributed by atoms with van der Waals surface area (Å²) in [6, 6.07) is 3.93. The lowest BCUT2D eigenvalue weighted by Gasteiger charge is -2.28. The third kappa shape index (κ3) is 3.05. The van der Waals surface area contributed by atoms with E-state index in [0.29, 0.717) is 5.82 Å². The van der Waals surface area contributed by atoms with Crippen molar-refractivity contribution in [1.82, 2.24) is 10.3 Å². The van der Waals surface area contributed by atoms with Crippen LogP contribution >= 0.6 is 0 Å². The van der Waals surface area contributed by atoms with Gasteiger partial charge in [0.25, 0.3) is 0 Å². The van der Waals surface area contributed by atoms with Crippen molar-refractivity contribution in [2.45, 2.75) is 19.3 Å². The molecule has 1 amide bonds. The van der Waals surface area contributed by atoms with E-state index in [1.807, 2.05) is 18.3 Å². The fraction of sp³-hybridized carbons (Fsp3) is 0.647. The lowest BCUT2D eigenvalue weighted by atomic mass is 9.92. The average Bonchev–Trinajstić information content (AvgIpc) is 3.30. The van der Waals surface area contributed by atoms with Crippen LogP contribution in [0.1, 0.15) is 19.3 Å². The van der Waals surface area contributed by atoms with E-state index in [9.17, 15) is 4.79 Å². The number of anilines is 2. The minimum Gasteiger partial charge on any atom is -0.378 e. The van der Waals surface area contributed by atoms with E-state index < -0.39 is 0 Å².